The topological polar surface area (TPSA) is 49.8 Å². The fourth-order valence-electron chi connectivity index (χ4n) is 2.37. The highest BCUT2D eigenvalue weighted by atomic mass is 16.5. The van der Waals surface area contributed by atoms with Crippen molar-refractivity contribution in [3.8, 4) is 5.75 Å². The molecule has 4 heteroatoms. The zero-order valence-electron chi connectivity index (χ0n) is 12.5. The Hall–Kier alpha value is -2.07. The molecule has 4 nitrogen and oxygen atoms in total. The number of aromatic carboxylic acids is 1. The van der Waals surface area contributed by atoms with E-state index >= 15 is 0 Å². The van der Waals surface area contributed by atoms with Crippen LogP contribution in [-0.4, -0.2) is 42.2 Å². The van der Waals surface area contributed by atoms with Gasteiger partial charge in [-0.1, -0.05) is 26.0 Å². The summed E-state index contributed by atoms with van der Waals surface area (Å²) in [6.07, 6.45) is 0. The average Bonchev–Trinajstić information content (AvgIpc) is 2.50. The standard InChI is InChI=1S/C17H21NO3/c1-3-18(4-2)10-11-21-14-8-9-15-13(12-14)6-5-7-16(15)17(19)20/h5-9,12H,3-4,10-11H2,1-2H3,(H,19,20). The lowest BCUT2D eigenvalue weighted by molar-refractivity contribution is 0.0699. The quantitative estimate of drug-likeness (QED) is 0.849. The predicted octanol–water partition coefficient (Wildman–Crippen LogP) is 3.26. The van der Waals surface area contributed by atoms with E-state index in [4.69, 9.17) is 4.74 Å². The number of benzene rings is 2. The number of hydrogen-bond acceptors (Lipinski definition) is 3. The van der Waals surface area contributed by atoms with Crippen LogP contribution in [0, 0.1) is 0 Å². The normalized spacial score (nSPS) is 11.0. The highest BCUT2D eigenvalue weighted by molar-refractivity contribution is 6.03. The van der Waals surface area contributed by atoms with E-state index in [2.05, 4.69) is 18.7 Å². The Morgan fingerprint density at radius 3 is 2.62 bits per heavy atom. The maximum Gasteiger partial charge on any atom is 0.336 e. The van der Waals surface area contributed by atoms with Crippen molar-refractivity contribution in [3.05, 3.63) is 42.0 Å². The Kier molecular flexibility index (Phi) is 5.17. The number of nitrogens with zero attached hydrogens (tertiary/aromatic N) is 1. The Morgan fingerprint density at radius 2 is 1.95 bits per heavy atom. The van der Waals surface area contributed by atoms with Gasteiger partial charge in [0.1, 0.15) is 12.4 Å². The molecule has 2 aromatic rings. The van der Waals surface area contributed by atoms with Crippen molar-refractivity contribution < 1.29 is 14.6 Å². The van der Waals surface area contributed by atoms with Crippen LogP contribution in [0.5, 0.6) is 5.75 Å². The zero-order chi connectivity index (χ0) is 15.2. The lowest BCUT2D eigenvalue weighted by atomic mass is 10.0. The van der Waals surface area contributed by atoms with E-state index in [-0.39, 0.29) is 0 Å². The molecule has 0 aromatic heterocycles. The molecular weight excluding hydrogens is 266 g/mol. The molecular formula is C17H21NO3. The number of carbonyl (C=O) groups is 1. The van der Waals surface area contributed by atoms with Gasteiger partial charge < -0.3 is 14.7 Å². The molecule has 0 radical (unpaired) electrons. The van der Waals surface area contributed by atoms with E-state index in [1.165, 1.54) is 0 Å². The molecule has 1 N–H and O–H groups in total. The SMILES string of the molecule is CCN(CC)CCOc1ccc2c(C(=O)O)cccc2c1. The van der Waals surface area contributed by atoms with E-state index in [1.807, 2.05) is 24.3 Å². The number of carboxylic acid groups (broad SMARTS) is 1. The summed E-state index contributed by atoms with van der Waals surface area (Å²) >= 11 is 0. The van der Waals surface area contributed by atoms with Gasteiger partial charge >= 0.3 is 5.97 Å². The molecule has 0 aliphatic rings. The highest BCUT2D eigenvalue weighted by Gasteiger charge is 2.08. The maximum absolute atomic E-state index is 11.2. The molecule has 0 aliphatic heterocycles. The van der Waals surface area contributed by atoms with Gasteiger partial charge in [-0.15, -0.1) is 0 Å². The smallest absolute Gasteiger partial charge is 0.336 e. The molecule has 2 aromatic carbocycles. The second kappa shape index (κ2) is 7.09. The lowest BCUT2D eigenvalue weighted by Gasteiger charge is -2.18. The molecule has 0 fully saturated rings. The molecule has 21 heavy (non-hydrogen) atoms. The van der Waals surface area contributed by atoms with E-state index in [0.29, 0.717) is 12.2 Å². The summed E-state index contributed by atoms with van der Waals surface area (Å²) in [6, 6.07) is 10.8. The molecule has 0 saturated carbocycles. The van der Waals surface area contributed by atoms with E-state index in [0.717, 1.165) is 36.2 Å². The van der Waals surface area contributed by atoms with Crippen molar-refractivity contribution in [2.75, 3.05) is 26.2 Å². The van der Waals surface area contributed by atoms with Crippen LogP contribution in [0.4, 0.5) is 0 Å². The van der Waals surface area contributed by atoms with Gasteiger partial charge in [-0.2, -0.15) is 0 Å². The van der Waals surface area contributed by atoms with Gasteiger partial charge in [-0.05, 0) is 48.1 Å². The lowest BCUT2D eigenvalue weighted by Crippen LogP contribution is -2.27. The third-order valence-corrected chi connectivity index (χ3v) is 3.65. The summed E-state index contributed by atoms with van der Waals surface area (Å²) in [5.74, 6) is -0.131. The molecule has 0 amide bonds. The summed E-state index contributed by atoms with van der Waals surface area (Å²) in [4.78, 5) is 13.5. The Morgan fingerprint density at radius 1 is 1.19 bits per heavy atom. The first kappa shape index (κ1) is 15.3. The first-order valence-electron chi connectivity index (χ1n) is 7.27. The van der Waals surface area contributed by atoms with Crippen molar-refractivity contribution in [1.29, 1.82) is 0 Å². The largest absolute Gasteiger partial charge is 0.492 e. The third kappa shape index (κ3) is 3.73. The second-order valence-corrected chi connectivity index (χ2v) is 4.87. The van der Waals surface area contributed by atoms with Crippen LogP contribution in [0.2, 0.25) is 0 Å². The second-order valence-electron chi connectivity index (χ2n) is 4.87. The fraction of sp³-hybridized carbons (Fsp3) is 0.353. The van der Waals surface area contributed by atoms with Crippen LogP contribution in [0.25, 0.3) is 10.8 Å². The number of likely N-dealkylation sites (N-methyl/N-ethyl adjacent to an activating group) is 1. The van der Waals surface area contributed by atoms with E-state index in [9.17, 15) is 9.90 Å². The van der Waals surface area contributed by atoms with E-state index < -0.39 is 5.97 Å². The fourth-order valence-corrected chi connectivity index (χ4v) is 2.37. The van der Waals surface area contributed by atoms with Gasteiger partial charge in [0.25, 0.3) is 0 Å². The summed E-state index contributed by atoms with van der Waals surface area (Å²) in [7, 11) is 0. The molecule has 0 saturated heterocycles. The first-order valence-corrected chi connectivity index (χ1v) is 7.27. The third-order valence-electron chi connectivity index (χ3n) is 3.65. The van der Waals surface area contributed by atoms with Gasteiger partial charge in [-0.3, -0.25) is 0 Å². The Balaban J connectivity index is 2.11. The molecule has 0 aliphatic carbocycles. The molecule has 2 rings (SSSR count). The van der Waals surface area contributed by atoms with Gasteiger partial charge in [0, 0.05) is 6.54 Å². The molecule has 112 valence electrons. The van der Waals surface area contributed by atoms with Gasteiger partial charge in [0.05, 0.1) is 5.56 Å². The van der Waals surface area contributed by atoms with Crippen LogP contribution in [0.15, 0.2) is 36.4 Å². The Labute approximate surface area is 124 Å². The predicted molar refractivity (Wildman–Crippen MR) is 84.2 cm³/mol. The summed E-state index contributed by atoms with van der Waals surface area (Å²) in [5.41, 5.74) is 0.321. The van der Waals surface area contributed by atoms with Crippen LogP contribution < -0.4 is 4.74 Å². The number of hydrogen-bond donors (Lipinski definition) is 1. The van der Waals surface area contributed by atoms with Crippen molar-refractivity contribution in [3.63, 3.8) is 0 Å². The molecule has 0 heterocycles. The van der Waals surface area contributed by atoms with Crippen molar-refractivity contribution in [2.45, 2.75) is 13.8 Å². The van der Waals surface area contributed by atoms with Gasteiger partial charge in [0.15, 0.2) is 0 Å². The van der Waals surface area contributed by atoms with Crippen molar-refractivity contribution in [1.82, 2.24) is 4.90 Å². The highest BCUT2D eigenvalue weighted by Crippen LogP contribution is 2.24. The Bertz CT molecular complexity index is 620. The minimum atomic E-state index is -0.907. The van der Waals surface area contributed by atoms with Crippen LogP contribution in [0.3, 0.4) is 0 Å². The molecule has 0 spiro atoms. The minimum Gasteiger partial charge on any atom is -0.492 e. The van der Waals surface area contributed by atoms with Gasteiger partial charge in [-0.25, -0.2) is 4.79 Å². The van der Waals surface area contributed by atoms with E-state index in [1.54, 1.807) is 12.1 Å². The number of carboxylic acids is 1. The molecule has 0 unspecified atom stereocenters. The first-order chi connectivity index (χ1) is 10.2. The molecule has 0 bridgehead atoms. The average molecular weight is 287 g/mol. The van der Waals surface area contributed by atoms with Crippen LogP contribution in [-0.2, 0) is 0 Å². The monoisotopic (exact) mass is 287 g/mol. The minimum absolute atomic E-state index is 0.321. The number of rotatable bonds is 7. The van der Waals surface area contributed by atoms with Gasteiger partial charge in [0.2, 0.25) is 0 Å². The molecule has 0 atom stereocenters. The van der Waals surface area contributed by atoms with Crippen molar-refractivity contribution in [2.24, 2.45) is 0 Å². The zero-order valence-corrected chi connectivity index (χ0v) is 12.5. The summed E-state index contributed by atoms with van der Waals surface area (Å²) in [5, 5.41) is 10.8. The van der Waals surface area contributed by atoms with Crippen LogP contribution >= 0.6 is 0 Å². The van der Waals surface area contributed by atoms with Crippen LogP contribution in [0.1, 0.15) is 24.2 Å². The number of fused-ring (bicyclic) bond motifs is 1. The number of ether oxygens (including phenoxy) is 1. The van der Waals surface area contributed by atoms with Crippen molar-refractivity contribution >= 4 is 16.7 Å². The maximum atomic E-state index is 11.2. The summed E-state index contributed by atoms with van der Waals surface area (Å²) in [6.45, 7) is 7.81. The summed E-state index contributed by atoms with van der Waals surface area (Å²) < 4.78 is 5.76.